The maximum absolute atomic E-state index is 10.3. The molecule has 0 aromatic heterocycles. The first kappa shape index (κ1) is 12.9. The Labute approximate surface area is 89.5 Å². The number of rotatable bonds is 6. The minimum Gasteiger partial charge on any atom is -0.379 e. The predicted octanol–water partition coefficient (Wildman–Crippen LogP) is 0.390. The lowest BCUT2D eigenvalue weighted by Gasteiger charge is -2.12. The van der Waals surface area contributed by atoms with Gasteiger partial charge in [-0.15, -0.1) is 0 Å². The van der Waals surface area contributed by atoms with Crippen molar-refractivity contribution in [1.29, 1.82) is 0 Å². The SMILES string of the molecule is CCOCC1CCC(COS(=O)(=O)O)O1. The van der Waals surface area contributed by atoms with Crippen molar-refractivity contribution < 1.29 is 26.6 Å². The molecule has 7 heteroatoms. The molecule has 1 fully saturated rings. The Morgan fingerprint density at radius 3 is 2.47 bits per heavy atom. The topological polar surface area (TPSA) is 82.1 Å². The highest BCUT2D eigenvalue weighted by Gasteiger charge is 2.26. The van der Waals surface area contributed by atoms with E-state index in [1.807, 2.05) is 6.92 Å². The summed E-state index contributed by atoms with van der Waals surface area (Å²) in [7, 11) is -4.36. The van der Waals surface area contributed by atoms with E-state index in [2.05, 4.69) is 4.18 Å². The van der Waals surface area contributed by atoms with Gasteiger partial charge in [0.05, 0.1) is 25.4 Å². The van der Waals surface area contributed by atoms with Crippen molar-refractivity contribution in [2.75, 3.05) is 19.8 Å². The van der Waals surface area contributed by atoms with Gasteiger partial charge in [-0.05, 0) is 19.8 Å². The second-order valence-electron chi connectivity index (χ2n) is 3.33. The molecule has 1 rings (SSSR count). The third-order valence-electron chi connectivity index (χ3n) is 2.11. The van der Waals surface area contributed by atoms with Crippen molar-refractivity contribution in [2.45, 2.75) is 32.0 Å². The minimum absolute atomic E-state index is 0.0000491. The molecule has 1 aliphatic heterocycles. The summed E-state index contributed by atoms with van der Waals surface area (Å²) in [5.41, 5.74) is 0. The molecule has 1 aliphatic rings. The van der Waals surface area contributed by atoms with Crippen LogP contribution in [0.3, 0.4) is 0 Å². The highest BCUT2D eigenvalue weighted by molar-refractivity contribution is 7.80. The van der Waals surface area contributed by atoms with Gasteiger partial charge in [-0.1, -0.05) is 0 Å². The third-order valence-corrected chi connectivity index (χ3v) is 2.54. The molecule has 0 aromatic carbocycles. The molecular formula is C8H16O6S. The summed E-state index contributed by atoms with van der Waals surface area (Å²) in [5, 5.41) is 0. The number of hydrogen-bond acceptors (Lipinski definition) is 5. The smallest absolute Gasteiger partial charge is 0.379 e. The van der Waals surface area contributed by atoms with E-state index in [1.165, 1.54) is 0 Å². The Morgan fingerprint density at radius 2 is 1.93 bits per heavy atom. The van der Waals surface area contributed by atoms with Crippen molar-refractivity contribution in [1.82, 2.24) is 0 Å². The Kier molecular flexibility index (Phi) is 4.94. The van der Waals surface area contributed by atoms with Crippen LogP contribution in [-0.4, -0.2) is 45.0 Å². The fourth-order valence-corrected chi connectivity index (χ4v) is 1.76. The van der Waals surface area contributed by atoms with E-state index in [9.17, 15) is 8.42 Å². The van der Waals surface area contributed by atoms with Crippen molar-refractivity contribution >= 4 is 10.4 Å². The van der Waals surface area contributed by atoms with E-state index in [4.69, 9.17) is 14.0 Å². The normalized spacial score (nSPS) is 27.1. The zero-order valence-corrected chi connectivity index (χ0v) is 9.40. The van der Waals surface area contributed by atoms with Crippen molar-refractivity contribution in [3.8, 4) is 0 Å². The quantitative estimate of drug-likeness (QED) is 0.676. The Hall–Kier alpha value is -0.210. The minimum atomic E-state index is -4.36. The summed E-state index contributed by atoms with van der Waals surface area (Å²) in [5.74, 6) is 0. The summed E-state index contributed by atoms with van der Waals surface area (Å²) < 4.78 is 43.8. The van der Waals surface area contributed by atoms with Gasteiger partial charge in [0, 0.05) is 6.61 Å². The van der Waals surface area contributed by atoms with Crippen LogP contribution in [0.1, 0.15) is 19.8 Å². The van der Waals surface area contributed by atoms with Crippen molar-refractivity contribution in [3.05, 3.63) is 0 Å². The first-order valence-corrected chi connectivity index (χ1v) is 6.23. The van der Waals surface area contributed by atoms with E-state index in [0.717, 1.165) is 6.42 Å². The van der Waals surface area contributed by atoms with E-state index < -0.39 is 10.4 Å². The van der Waals surface area contributed by atoms with E-state index in [-0.39, 0.29) is 18.8 Å². The molecule has 0 bridgehead atoms. The average molecular weight is 240 g/mol. The van der Waals surface area contributed by atoms with Crippen LogP contribution >= 0.6 is 0 Å². The van der Waals surface area contributed by atoms with Crippen LogP contribution in [0.25, 0.3) is 0 Å². The van der Waals surface area contributed by atoms with E-state index in [1.54, 1.807) is 0 Å². The number of ether oxygens (including phenoxy) is 2. The molecular weight excluding hydrogens is 224 g/mol. The maximum Gasteiger partial charge on any atom is 0.397 e. The monoisotopic (exact) mass is 240 g/mol. The molecule has 0 aromatic rings. The van der Waals surface area contributed by atoms with Crippen LogP contribution in [0, 0.1) is 0 Å². The van der Waals surface area contributed by atoms with Crippen LogP contribution in [0.5, 0.6) is 0 Å². The fourth-order valence-electron chi connectivity index (χ4n) is 1.44. The lowest BCUT2D eigenvalue weighted by molar-refractivity contribution is -0.0261. The Morgan fingerprint density at radius 1 is 1.33 bits per heavy atom. The zero-order chi connectivity index (χ0) is 11.3. The van der Waals surface area contributed by atoms with Crippen LogP contribution < -0.4 is 0 Å². The molecule has 0 radical (unpaired) electrons. The molecule has 0 saturated carbocycles. The molecule has 1 N–H and O–H groups in total. The van der Waals surface area contributed by atoms with E-state index >= 15 is 0 Å². The number of hydrogen-bond donors (Lipinski definition) is 1. The summed E-state index contributed by atoms with van der Waals surface area (Å²) in [6.45, 7) is 2.90. The summed E-state index contributed by atoms with van der Waals surface area (Å²) in [6.07, 6.45) is 1.25. The van der Waals surface area contributed by atoms with Gasteiger partial charge >= 0.3 is 10.4 Å². The highest BCUT2D eigenvalue weighted by Crippen LogP contribution is 2.20. The van der Waals surface area contributed by atoms with Crippen LogP contribution in [0.15, 0.2) is 0 Å². The summed E-state index contributed by atoms with van der Waals surface area (Å²) >= 11 is 0. The van der Waals surface area contributed by atoms with Crippen LogP contribution in [0.4, 0.5) is 0 Å². The van der Waals surface area contributed by atoms with Gasteiger partial charge in [0.2, 0.25) is 0 Å². The van der Waals surface area contributed by atoms with Crippen LogP contribution in [-0.2, 0) is 24.1 Å². The van der Waals surface area contributed by atoms with Gasteiger partial charge in [-0.25, -0.2) is 4.18 Å². The summed E-state index contributed by atoms with van der Waals surface area (Å²) in [4.78, 5) is 0. The van der Waals surface area contributed by atoms with Crippen molar-refractivity contribution in [2.24, 2.45) is 0 Å². The lowest BCUT2D eigenvalue weighted by atomic mass is 10.2. The van der Waals surface area contributed by atoms with Crippen molar-refractivity contribution in [3.63, 3.8) is 0 Å². The zero-order valence-electron chi connectivity index (χ0n) is 8.59. The first-order valence-electron chi connectivity index (χ1n) is 4.86. The van der Waals surface area contributed by atoms with Gasteiger partial charge < -0.3 is 9.47 Å². The molecule has 0 aliphatic carbocycles. The van der Waals surface area contributed by atoms with Gasteiger partial charge in [0.25, 0.3) is 0 Å². The molecule has 0 amide bonds. The fraction of sp³-hybridized carbons (Fsp3) is 1.00. The second-order valence-corrected chi connectivity index (χ2v) is 4.42. The second kappa shape index (κ2) is 5.76. The molecule has 6 nitrogen and oxygen atoms in total. The Balaban J connectivity index is 2.19. The summed E-state index contributed by atoms with van der Waals surface area (Å²) in [6, 6.07) is 0. The molecule has 2 unspecified atom stereocenters. The third kappa shape index (κ3) is 5.43. The first-order chi connectivity index (χ1) is 7.01. The molecule has 15 heavy (non-hydrogen) atoms. The van der Waals surface area contributed by atoms with Crippen LogP contribution in [0.2, 0.25) is 0 Å². The molecule has 1 heterocycles. The average Bonchev–Trinajstić information content (AvgIpc) is 2.58. The van der Waals surface area contributed by atoms with Gasteiger partial charge in [-0.3, -0.25) is 4.55 Å². The van der Waals surface area contributed by atoms with Gasteiger partial charge in [-0.2, -0.15) is 8.42 Å². The highest BCUT2D eigenvalue weighted by atomic mass is 32.3. The van der Waals surface area contributed by atoms with Gasteiger partial charge in [0.1, 0.15) is 0 Å². The Bertz CT molecular complexity index is 275. The lowest BCUT2D eigenvalue weighted by Crippen LogP contribution is -2.21. The molecule has 2 atom stereocenters. The largest absolute Gasteiger partial charge is 0.397 e. The molecule has 90 valence electrons. The van der Waals surface area contributed by atoms with Gasteiger partial charge in [0.15, 0.2) is 0 Å². The standard InChI is InChI=1S/C8H16O6S/c1-2-12-5-7-3-4-8(14-7)6-13-15(9,10)11/h7-8H,2-6H2,1H3,(H,9,10,11). The molecule has 1 saturated heterocycles. The molecule has 0 spiro atoms. The van der Waals surface area contributed by atoms with E-state index in [0.29, 0.717) is 19.6 Å². The maximum atomic E-state index is 10.3. The predicted molar refractivity (Wildman–Crippen MR) is 51.9 cm³/mol.